The number of allylic oxidation sites excluding steroid dienone is 9. The molecule has 0 aromatic heterocycles. The molecule has 0 aromatic rings. The summed E-state index contributed by atoms with van der Waals surface area (Å²) in [4.78, 5) is 29.3. The normalized spacial score (nSPS) is 16.3. The lowest BCUT2D eigenvalue weighted by Gasteiger charge is -2.19. The predicted octanol–water partition coefficient (Wildman–Crippen LogP) is 5.73. The van der Waals surface area contributed by atoms with E-state index in [0.717, 1.165) is 4.91 Å². The Kier molecular flexibility index (Phi) is 9.24. The van der Waals surface area contributed by atoms with Crippen molar-refractivity contribution >= 4 is 35.3 Å². The highest BCUT2D eigenvalue weighted by molar-refractivity contribution is 8.11. The van der Waals surface area contributed by atoms with Gasteiger partial charge in [0.1, 0.15) is 0 Å². The fourth-order valence-corrected chi connectivity index (χ4v) is 3.92. The van der Waals surface area contributed by atoms with Crippen LogP contribution in [0, 0.1) is 0 Å². The maximum Gasteiger partial charge on any atom is 0.269 e. The van der Waals surface area contributed by atoms with Crippen LogP contribution < -0.4 is 0 Å². The van der Waals surface area contributed by atoms with Crippen molar-refractivity contribution in [2.75, 3.05) is 0 Å². The number of amides is 2. The summed E-state index contributed by atoms with van der Waals surface area (Å²) in [6, 6.07) is -0.194. The molecule has 1 rings (SSSR count). The van der Waals surface area contributed by atoms with Crippen LogP contribution in [0.15, 0.2) is 81.4 Å². The van der Waals surface area contributed by atoms with Gasteiger partial charge in [-0.1, -0.05) is 79.2 Å². The van der Waals surface area contributed by atoms with E-state index in [1.165, 1.54) is 28.4 Å². The average molecular weight is 388 g/mol. The fourth-order valence-electron chi connectivity index (χ4n) is 2.06. The van der Waals surface area contributed by atoms with Crippen molar-refractivity contribution in [2.24, 2.45) is 0 Å². The maximum absolute atomic E-state index is 12.8. The molecule has 0 atom stereocenters. The minimum absolute atomic E-state index is 0.194. The number of carbonyl (C=O) groups is 2. The van der Waals surface area contributed by atoms with Gasteiger partial charge in [0, 0.05) is 10.9 Å². The SMILES string of the molecule is C=C/C=C\C=C(/C)SC1=C(SC(=C)/C=C\C=C/C)C(=O)N(C(C)C)C1=O. The van der Waals surface area contributed by atoms with Crippen LogP contribution in [0.25, 0.3) is 0 Å². The van der Waals surface area contributed by atoms with Gasteiger partial charge >= 0.3 is 0 Å². The van der Waals surface area contributed by atoms with E-state index >= 15 is 0 Å². The number of imide groups is 1. The molecule has 0 fully saturated rings. The lowest BCUT2D eigenvalue weighted by Crippen LogP contribution is -2.37. The van der Waals surface area contributed by atoms with Gasteiger partial charge in [-0.05, 0) is 38.7 Å². The van der Waals surface area contributed by atoms with Crippen LogP contribution in [0.5, 0.6) is 0 Å². The van der Waals surface area contributed by atoms with Gasteiger partial charge in [-0.15, -0.1) is 0 Å². The first-order valence-electron chi connectivity index (χ1n) is 8.25. The summed E-state index contributed by atoms with van der Waals surface area (Å²) in [5, 5.41) is 0. The summed E-state index contributed by atoms with van der Waals surface area (Å²) >= 11 is 2.55. The van der Waals surface area contributed by atoms with Gasteiger partial charge in [0.15, 0.2) is 0 Å². The van der Waals surface area contributed by atoms with Gasteiger partial charge in [0.2, 0.25) is 0 Å². The van der Waals surface area contributed by atoms with Crippen molar-refractivity contribution in [3.8, 4) is 0 Å². The van der Waals surface area contributed by atoms with Crippen LogP contribution in [0.1, 0.15) is 27.7 Å². The van der Waals surface area contributed by atoms with E-state index in [1.807, 2.05) is 70.2 Å². The standard InChI is InChI=1S/C21H25NO2S2/c1-7-9-11-13-16(5)25-18-19(26-17(6)14-12-10-8-2)21(24)22(15(3)4)20(18)23/h7-15H,1,6H2,2-5H3/b10-8-,11-9-,14-12-,16-13+. The van der Waals surface area contributed by atoms with Crippen molar-refractivity contribution in [3.63, 3.8) is 0 Å². The lowest BCUT2D eigenvalue weighted by molar-refractivity contribution is -0.138. The molecule has 2 amide bonds. The Morgan fingerprint density at radius 3 is 2.19 bits per heavy atom. The van der Waals surface area contributed by atoms with Crippen molar-refractivity contribution < 1.29 is 9.59 Å². The van der Waals surface area contributed by atoms with Crippen molar-refractivity contribution in [3.05, 3.63) is 81.4 Å². The second-order valence-electron chi connectivity index (χ2n) is 5.69. The van der Waals surface area contributed by atoms with Crippen molar-refractivity contribution in [1.29, 1.82) is 0 Å². The Morgan fingerprint density at radius 1 is 1.04 bits per heavy atom. The topological polar surface area (TPSA) is 37.4 Å². The molecule has 0 spiro atoms. The van der Waals surface area contributed by atoms with Crippen LogP contribution in [-0.2, 0) is 9.59 Å². The number of hydrogen-bond acceptors (Lipinski definition) is 4. The van der Waals surface area contributed by atoms with Gasteiger partial charge in [0.25, 0.3) is 11.8 Å². The Morgan fingerprint density at radius 2 is 1.65 bits per heavy atom. The van der Waals surface area contributed by atoms with E-state index in [2.05, 4.69) is 13.2 Å². The second-order valence-corrected chi connectivity index (χ2v) is 8.08. The van der Waals surface area contributed by atoms with E-state index in [0.29, 0.717) is 14.7 Å². The largest absolute Gasteiger partial charge is 0.271 e. The molecule has 138 valence electrons. The monoisotopic (exact) mass is 387 g/mol. The Balaban J connectivity index is 3.17. The predicted molar refractivity (Wildman–Crippen MR) is 115 cm³/mol. The minimum Gasteiger partial charge on any atom is -0.271 e. The zero-order chi connectivity index (χ0) is 19.7. The summed E-state index contributed by atoms with van der Waals surface area (Å²) in [5.74, 6) is -0.504. The van der Waals surface area contributed by atoms with Gasteiger partial charge in [-0.3, -0.25) is 14.5 Å². The summed E-state index contributed by atoms with van der Waals surface area (Å²) in [7, 11) is 0. The first-order chi connectivity index (χ1) is 12.3. The van der Waals surface area contributed by atoms with E-state index in [4.69, 9.17) is 0 Å². The number of rotatable bonds is 9. The van der Waals surface area contributed by atoms with Crippen LogP contribution in [0.3, 0.4) is 0 Å². The highest BCUT2D eigenvalue weighted by Gasteiger charge is 2.40. The quantitative estimate of drug-likeness (QED) is 0.374. The second kappa shape index (κ2) is 10.9. The third kappa shape index (κ3) is 6.07. The molecule has 0 aromatic carbocycles. The van der Waals surface area contributed by atoms with Crippen LogP contribution in [0.2, 0.25) is 0 Å². The van der Waals surface area contributed by atoms with Crippen molar-refractivity contribution in [1.82, 2.24) is 4.90 Å². The van der Waals surface area contributed by atoms with Crippen molar-refractivity contribution in [2.45, 2.75) is 33.7 Å². The molecule has 5 heteroatoms. The van der Waals surface area contributed by atoms with E-state index < -0.39 is 0 Å². The maximum atomic E-state index is 12.8. The third-order valence-electron chi connectivity index (χ3n) is 3.21. The average Bonchev–Trinajstić information content (AvgIpc) is 2.79. The number of thioether (sulfide) groups is 2. The van der Waals surface area contributed by atoms with E-state index in [-0.39, 0.29) is 17.9 Å². The summed E-state index contributed by atoms with van der Waals surface area (Å²) in [5.41, 5.74) is 0. The molecule has 0 N–H and O–H groups in total. The van der Waals surface area contributed by atoms with E-state index in [9.17, 15) is 9.59 Å². The molecule has 1 aliphatic rings. The minimum atomic E-state index is -0.257. The number of nitrogens with zero attached hydrogens (tertiary/aromatic N) is 1. The smallest absolute Gasteiger partial charge is 0.269 e. The zero-order valence-corrected chi connectivity index (χ0v) is 17.3. The summed E-state index contributed by atoms with van der Waals surface area (Å²) in [6.45, 7) is 15.1. The first-order valence-corrected chi connectivity index (χ1v) is 9.88. The Labute approximate surface area is 165 Å². The molecule has 0 bridgehead atoms. The molecular formula is C21H25NO2S2. The molecule has 26 heavy (non-hydrogen) atoms. The van der Waals surface area contributed by atoms with Gasteiger partial charge in [0.05, 0.1) is 9.81 Å². The molecule has 1 aliphatic heterocycles. The Bertz CT molecular complexity index is 737. The highest BCUT2D eigenvalue weighted by atomic mass is 32.2. The molecule has 0 radical (unpaired) electrons. The molecule has 0 aliphatic carbocycles. The number of carbonyl (C=O) groups excluding carboxylic acids is 2. The van der Waals surface area contributed by atoms with E-state index in [1.54, 1.807) is 6.08 Å². The highest BCUT2D eigenvalue weighted by Crippen LogP contribution is 2.42. The van der Waals surface area contributed by atoms with Crippen LogP contribution in [-0.4, -0.2) is 22.8 Å². The number of hydrogen-bond donors (Lipinski definition) is 0. The summed E-state index contributed by atoms with van der Waals surface area (Å²) in [6.07, 6.45) is 14.7. The lowest BCUT2D eigenvalue weighted by atomic mass is 10.3. The molecular weight excluding hydrogens is 362 g/mol. The fraction of sp³-hybridized carbons (Fsp3) is 0.238. The molecule has 0 saturated carbocycles. The summed E-state index contributed by atoms with van der Waals surface area (Å²) < 4.78 is 0. The first kappa shape index (κ1) is 22.1. The Hall–Kier alpha value is -1.98. The molecule has 0 unspecified atom stereocenters. The molecule has 1 heterocycles. The van der Waals surface area contributed by atoms with Crippen LogP contribution >= 0.6 is 23.5 Å². The zero-order valence-electron chi connectivity index (χ0n) is 15.7. The van der Waals surface area contributed by atoms with Gasteiger partial charge in [-0.2, -0.15) is 0 Å². The van der Waals surface area contributed by atoms with Gasteiger partial charge in [-0.25, -0.2) is 0 Å². The molecule has 3 nitrogen and oxygen atoms in total. The third-order valence-corrected chi connectivity index (χ3v) is 5.36. The van der Waals surface area contributed by atoms with Crippen LogP contribution in [0.4, 0.5) is 0 Å². The van der Waals surface area contributed by atoms with Gasteiger partial charge < -0.3 is 0 Å². The molecule has 0 saturated heterocycles.